The van der Waals surface area contributed by atoms with Gasteiger partial charge in [-0.25, -0.2) is 8.42 Å². The van der Waals surface area contributed by atoms with Crippen LogP contribution in [0.2, 0.25) is 0 Å². The highest BCUT2D eigenvalue weighted by Gasteiger charge is 2.24. The van der Waals surface area contributed by atoms with Crippen LogP contribution >= 0.6 is 0 Å². The zero-order chi connectivity index (χ0) is 23.5. The van der Waals surface area contributed by atoms with E-state index in [2.05, 4.69) is 20.3 Å². The lowest BCUT2D eigenvalue weighted by Gasteiger charge is -2.31. The lowest BCUT2D eigenvalue weighted by molar-refractivity contribution is 0.0938. The number of aryl methyl sites for hydroxylation is 2. The lowest BCUT2D eigenvalue weighted by atomic mass is 9.92. The molecule has 1 saturated carbocycles. The summed E-state index contributed by atoms with van der Waals surface area (Å²) in [7, 11) is -3.80. The van der Waals surface area contributed by atoms with Gasteiger partial charge in [0.25, 0.3) is 15.9 Å². The first-order chi connectivity index (χ1) is 16.5. The van der Waals surface area contributed by atoms with Gasteiger partial charge in [0.1, 0.15) is 0 Å². The van der Waals surface area contributed by atoms with Crippen molar-refractivity contribution in [1.82, 2.24) is 10.6 Å². The summed E-state index contributed by atoms with van der Waals surface area (Å²) in [5.74, 6) is -0.145. The van der Waals surface area contributed by atoms with E-state index in [1.54, 1.807) is 18.2 Å². The molecule has 0 radical (unpaired) electrons. The quantitative estimate of drug-likeness (QED) is 0.587. The summed E-state index contributed by atoms with van der Waals surface area (Å²) in [5, 5.41) is 6.44. The average Bonchev–Trinajstić information content (AvgIpc) is 3.37. The summed E-state index contributed by atoms with van der Waals surface area (Å²) in [4.78, 5) is 15.4. The number of piperazine rings is 1. The molecule has 0 aromatic heterocycles. The summed E-state index contributed by atoms with van der Waals surface area (Å²) >= 11 is 0. The van der Waals surface area contributed by atoms with Crippen LogP contribution < -0.4 is 20.3 Å². The molecule has 2 aromatic rings. The molecule has 2 aliphatic carbocycles. The molecule has 1 saturated heterocycles. The normalized spacial score (nSPS) is 19.0. The van der Waals surface area contributed by atoms with Crippen molar-refractivity contribution in [3.8, 4) is 0 Å². The molecule has 34 heavy (non-hydrogen) atoms. The zero-order valence-electron chi connectivity index (χ0n) is 19.6. The van der Waals surface area contributed by atoms with Crippen LogP contribution in [-0.2, 0) is 22.9 Å². The van der Waals surface area contributed by atoms with Crippen molar-refractivity contribution < 1.29 is 13.2 Å². The van der Waals surface area contributed by atoms with E-state index < -0.39 is 10.0 Å². The van der Waals surface area contributed by atoms with Crippen LogP contribution in [0.1, 0.15) is 60.0 Å². The average molecular weight is 483 g/mol. The smallest absolute Gasteiger partial charge is 0.261 e. The molecule has 3 N–H and O–H groups in total. The summed E-state index contributed by atoms with van der Waals surface area (Å²) in [5.41, 5.74) is 4.12. The molecule has 1 heterocycles. The fraction of sp³-hybridized carbons (Fsp3) is 0.500. The summed E-state index contributed by atoms with van der Waals surface area (Å²) in [6, 6.07) is 11.0. The van der Waals surface area contributed by atoms with Gasteiger partial charge in [-0.2, -0.15) is 0 Å². The molecular weight excluding hydrogens is 448 g/mol. The molecule has 2 aromatic carbocycles. The first-order valence-corrected chi connectivity index (χ1v) is 14.0. The first-order valence-electron chi connectivity index (χ1n) is 12.5. The second kappa shape index (κ2) is 9.96. The topological polar surface area (TPSA) is 90.5 Å². The van der Waals surface area contributed by atoms with E-state index >= 15 is 0 Å². The second-order valence-corrected chi connectivity index (χ2v) is 11.3. The number of anilines is 2. The van der Waals surface area contributed by atoms with Crippen LogP contribution in [0.3, 0.4) is 0 Å². The molecule has 0 atom stereocenters. The van der Waals surface area contributed by atoms with Gasteiger partial charge in [0, 0.05) is 37.8 Å². The minimum absolute atomic E-state index is 0.145. The predicted octanol–water partition coefficient (Wildman–Crippen LogP) is 3.45. The van der Waals surface area contributed by atoms with Gasteiger partial charge >= 0.3 is 0 Å². The number of benzene rings is 2. The third-order valence-corrected chi connectivity index (χ3v) is 8.64. The van der Waals surface area contributed by atoms with Crippen LogP contribution in [0.5, 0.6) is 0 Å². The zero-order valence-corrected chi connectivity index (χ0v) is 20.4. The van der Waals surface area contributed by atoms with Crippen molar-refractivity contribution in [2.45, 2.75) is 62.3 Å². The Balaban J connectivity index is 1.45. The molecule has 3 aliphatic rings. The molecule has 182 valence electrons. The van der Waals surface area contributed by atoms with Crippen LogP contribution in [0.25, 0.3) is 0 Å². The van der Waals surface area contributed by atoms with Crippen LogP contribution in [0.4, 0.5) is 11.4 Å². The molecule has 5 rings (SSSR count). The van der Waals surface area contributed by atoms with Crippen molar-refractivity contribution in [1.29, 1.82) is 0 Å². The number of carbonyl (C=O) groups excluding carboxylic acids is 1. The monoisotopic (exact) mass is 482 g/mol. The molecular formula is C26H34N4O3S. The number of nitrogens with one attached hydrogen (secondary N) is 3. The Kier molecular flexibility index (Phi) is 6.79. The standard InChI is InChI=1S/C26H34N4O3S/c31-26(28-22-7-3-4-8-22)21-10-12-25(30-15-13-27-14-16-30)24(18-21)29-34(32,33)23-11-9-19-5-1-2-6-20(19)17-23/h9-12,17-18,22,27,29H,1-8,13-16H2,(H,28,31). The second-order valence-electron chi connectivity index (χ2n) is 9.67. The lowest BCUT2D eigenvalue weighted by Crippen LogP contribution is -2.43. The first kappa shape index (κ1) is 23.2. The van der Waals surface area contributed by atoms with Crippen LogP contribution in [-0.4, -0.2) is 46.5 Å². The highest BCUT2D eigenvalue weighted by molar-refractivity contribution is 7.92. The molecule has 0 bridgehead atoms. The Morgan fingerprint density at radius 2 is 1.65 bits per heavy atom. The summed E-state index contributed by atoms with van der Waals surface area (Å²) in [6.07, 6.45) is 8.45. The van der Waals surface area contributed by atoms with E-state index in [0.29, 0.717) is 11.3 Å². The Morgan fingerprint density at radius 3 is 2.41 bits per heavy atom. The number of hydrogen-bond donors (Lipinski definition) is 3. The number of nitrogens with zero attached hydrogens (tertiary/aromatic N) is 1. The van der Waals surface area contributed by atoms with Gasteiger partial charge in [0.05, 0.1) is 16.3 Å². The van der Waals surface area contributed by atoms with Gasteiger partial charge in [-0.3, -0.25) is 9.52 Å². The molecule has 1 amide bonds. The number of sulfonamides is 1. The minimum Gasteiger partial charge on any atom is -0.367 e. The third kappa shape index (κ3) is 5.08. The molecule has 8 heteroatoms. The van der Waals surface area contributed by atoms with Gasteiger partial charge in [0.15, 0.2) is 0 Å². The molecule has 2 fully saturated rings. The van der Waals surface area contributed by atoms with Gasteiger partial charge < -0.3 is 15.5 Å². The van der Waals surface area contributed by atoms with E-state index in [1.807, 2.05) is 18.2 Å². The van der Waals surface area contributed by atoms with Crippen molar-refractivity contribution in [2.75, 3.05) is 35.8 Å². The Hall–Kier alpha value is -2.58. The molecule has 7 nitrogen and oxygen atoms in total. The predicted molar refractivity (Wildman–Crippen MR) is 135 cm³/mol. The maximum Gasteiger partial charge on any atom is 0.261 e. The van der Waals surface area contributed by atoms with Crippen molar-refractivity contribution in [3.05, 3.63) is 53.1 Å². The van der Waals surface area contributed by atoms with Gasteiger partial charge in [-0.05, 0) is 80.0 Å². The largest absolute Gasteiger partial charge is 0.367 e. The summed E-state index contributed by atoms with van der Waals surface area (Å²) < 4.78 is 29.7. The number of fused-ring (bicyclic) bond motifs is 1. The maximum absolute atomic E-state index is 13.4. The summed E-state index contributed by atoms with van der Waals surface area (Å²) in [6.45, 7) is 3.23. The molecule has 0 spiro atoms. The Labute approximate surface area is 202 Å². The molecule has 0 unspecified atom stereocenters. The Bertz CT molecular complexity index is 1150. The van der Waals surface area contributed by atoms with Crippen molar-refractivity contribution in [2.24, 2.45) is 0 Å². The van der Waals surface area contributed by atoms with E-state index in [-0.39, 0.29) is 16.8 Å². The van der Waals surface area contributed by atoms with E-state index in [1.165, 1.54) is 5.56 Å². The minimum atomic E-state index is -3.80. The van der Waals surface area contributed by atoms with Gasteiger partial charge in [0.2, 0.25) is 0 Å². The maximum atomic E-state index is 13.4. The fourth-order valence-corrected chi connectivity index (χ4v) is 6.48. The van der Waals surface area contributed by atoms with Gasteiger partial charge in [-0.1, -0.05) is 18.9 Å². The Morgan fingerprint density at radius 1 is 0.912 bits per heavy atom. The third-order valence-electron chi connectivity index (χ3n) is 7.28. The van der Waals surface area contributed by atoms with Crippen molar-refractivity contribution >= 4 is 27.3 Å². The highest BCUT2D eigenvalue weighted by Crippen LogP contribution is 2.31. The number of hydrogen-bond acceptors (Lipinski definition) is 5. The SMILES string of the molecule is O=C(NC1CCCC1)c1ccc(N2CCNCC2)c(NS(=O)(=O)c2ccc3c(c2)CCCC3)c1. The van der Waals surface area contributed by atoms with E-state index in [0.717, 1.165) is 88.8 Å². The van der Waals surface area contributed by atoms with E-state index in [9.17, 15) is 13.2 Å². The van der Waals surface area contributed by atoms with Gasteiger partial charge in [-0.15, -0.1) is 0 Å². The number of rotatable bonds is 6. The van der Waals surface area contributed by atoms with E-state index in [4.69, 9.17) is 0 Å². The van der Waals surface area contributed by atoms with Crippen molar-refractivity contribution in [3.63, 3.8) is 0 Å². The van der Waals surface area contributed by atoms with Crippen LogP contribution in [0, 0.1) is 0 Å². The fourth-order valence-electron chi connectivity index (χ4n) is 5.36. The highest BCUT2D eigenvalue weighted by atomic mass is 32.2. The molecule has 1 aliphatic heterocycles. The number of carbonyl (C=O) groups is 1. The van der Waals surface area contributed by atoms with Crippen LogP contribution in [0.15, 0.2) is 41.3 Å². The number of amides is 1.